The van der Waals surface area contributed by atoms with Gasteiger partial charge in [-0.1, -0.05) is 30.5 Å². The number of carbonyl (C=O) groups excluding carboxylic acids is 3. The van der Waals surface area contributed by atoms with Gasteiger partial charge in [-0.15, -0.1) is 0 Å². The molecule has 186 valence electrons. The van der Waals surface area contributed by atoms with Crippen LogP contribution in [0.4, 0.5) is 0 Å². The number of hydrogen-bond acceptors (Lipinski definition) is 4. The minimum absolute atomic E-state index is 0.0233. The quantitative estimate of drug-likeness (QED) is 0.664. The van der Waals surface area contributed by atoms with E-state index >= 15 is 0 Å². The van der Waals surface area contributed by atoms with E-state index in [-0.39, 0.29) is 35.7 Å². The third kappa shape index (κ3) is 6.21. The van der Waals surface area contributed by atoms with Crippen LogP contribution in [0.25, 0.3) is 0 Å². The Kier molecular flexibility index (Phi) is 8.06. The van der Waals surface area contributed by atoms with Crippen LogP contribution in [0.2, 0.25) is 0 Å². The zero-order valence-electron chi connectivity index (χ0n) is 20.6. The summed E-state index contributed by atoms with van der Waals surface area (Å²) < 4.78 is 5.17. The average Bonchev–Trinajstić information content (AvgIpc) is 2.90. The van der Waals surface area contributed by atoms with Crippen LogP contribution in [0.15, 0.2) is 48.5 Å². The Bertz CT molecular complexity index is 1040. The molecule has 2 aromatic rings. The molecule has 0 aromatic heterocycles. The van der Waals surface area contributed by atoms with Gasteiger partial charge in [-0.25, -0.2) is 0 Å². The molecule has 1 aliphatic carbocycles. The molecule has 2 aromatic carbocycles. The molecule has 2 aliphatic rings. The highest BCUT2D eigenvalue weighted by atomic mass is 16.5. The summed E-state index contributed by atoms with van der Waals surface area (Å²) in [6.45, 7) is 3.09. The van der Waals surface area contributed by atoms with E-state index in [9.17, 15) is 14.4 Å². The fourth-order valence-electron chi connectivity index (χ4n) is 5.03. The van der Waals surface area contributed by atoms with Crippen LogP contribution in [-0.4, -0.2) is 54.9 Å². The number of aryl methyl sites for hydroxylation is 1. The minimum Gasteiger partial charge on any atom is -0.497 e. The van der Waals surface area contributed by atoms with E-state index in [0.717, 1.165) is 44.1 Å². The van der Waals surface area contributed by atoms with Gasteiger partial charge in [0.15, 0.2) is 0 Å². The number of piperidine rings is 1. The van der Waals surface area contributed by atoms with E-state index in [0.29, 0.717) is 30.0 Å². The second-order valence-electron chi connectivity index (χ2n) is 9.66. The van der Waals surface area contributed by atoms with Crippen molar-refractivity contribution in [3.63, 3.8) is 0 Å². The van der Waals surface area contributed by atoms with Crippen molar-refractivity contribution in [2.24, 2.45) is 5.92 Å². The van der Waals surface area contributed by atoms with Gasteiger partial charge < -0.3 is 20.3 Å². The number of methoxy groups -OCH3 is 1. The molecule has 35 heavy (non-hydrogen) atoms. The number of nitrogens with zero attached hydrogens (tertiary/aromatic N) is 1. The summed E-state index contributed by atoms with van der Waals surface area (Å²) in [6, 6.07) is 14.4. The number of likely N-dealkylation sites (tertiary alicyclic amines) is 1. The van der Waals surface area contributed by atoms with Gasteiger partial charge in [0.2, 0.25) is 5.91 Å². The Hall–Kier alpha value is -3.35. The van der Waals surface area contributed by atoms with Gasteiger partial charge in [0.1, 0.15) is 5.75 Å². The van der Waals surface area contributed by atoms with Crippen molar-refractivity contribution in [2.75, 3.05) is 20.2 Å². The first-order valence-corrected chi connectivity index (χ1v) is 12.6. The molecule has 1 saturated carbocycles. The number of nitrogens with one attached hydrogen (secondary N) is 2. The van der Waals surface area contributed by atoms with Crippen molar-refractivity contribution in [2.45, 2.75) is 57.5 Å². The van der Waals surface area contributed by atoms with Crippen LogP contribution in [0, 0.1) is 12.8 Å². The number of hydrogen-bond donors (Lipinski definition) is 2. The maximum atomic E-state index is 13.2. The Morgan fingerprint density at radius 1 is 0.829 bits per heavy atom. The van der Waals surface area contributed by atoms with Crippen LogP contribution in [0.1, 0.15) is 64.8 Å². The number of rotatable bonds is 6. The van der Waals surface area contributed by atoms with Crippen molar-refractivity contribution >= 4 is 17.7 Å². The molecule has 7 nitrogen and oxygen atoms in total. The van der Waals surface area contributed by atoms with E-state index < -0.39 is 0 Å². The molecule has 1 aliphatic heterocycles. The van der Waals surface area contributed by atoms with E-state index in [4.69, 9.17) is 4.74 Å². The second-order valence-corrected chi connectivity index (χ2v) is 9.66. The van der Waals surface area contributed by atoms with Crippen molar-refractivity contribution in [1.82, 2.24) is 15.5 Å². The standard InChI is InChI=1S/C28H35N3O4/c1-19-9-11-21(12-10-19)28(34)31-17-5-6-22(18-31)27(33)30-25-8-4-3-7-24(25)29-26(32)20-13-15-23(35-2)16-14-20/h9-16,22,24-25H,3-8,17-18H2,1-2H3,(H,29,32)(H,30,33)/t22?,24-,25-/m1/s1. The maximum absolute atomic E-state index is 13.2. The highest BCUT2D eigenvalue weighted by Gasteiger charge is 2.33. The highest BCUT2D eigenvalue weighted by Crippen LogP contribution is 2.23. The third-order valence-corrected chi connectivity index (χ3v) is 7.14. The zero-order valence-corrected chi connectivity index (χ0v) is 20.6. The Morgan fingerprint density at radius 3 is 2.11 bits per heavy atom. The lowest BCUT2D eigenvalue weighted by molar-refractivity contribution is -0.127. The number of amides is 3. The van der Waals surface area contributed by atoms with E-state index in [1.165, 1.54) is 0 Å². The topological polar surface area (TPSA) is 87.7 Å². The molecular formula is C28H35N3O4. The van der Waals surface area contributed by atoms with Crippen molar-refractivity contribution in [3.8, 4) is 5.75 Å². The predicted octanol–water partition coefficient (Wildman–Crippen LogP) is 3.71. The van der Waals surface area contributed by atoms with E-state index in [1.54, 1.807) is 36.3 Å². The van der Waals surface area contributed by atoms with Crippen LogP contribution in [-0.2, 0) is 4.79 Å². The lowest BCUT2D eigenvalue weighted by Crippen LogP contribution is -2.55. The van der Waals surface area contributed by atoms with Crippen LogP contribution >= 0.6 is 0 Å². The molecule has 3 atom stereocenters. The summed E-state index contributed by atoms with van der Waals surface area (Å²) in [4.78, 5) is 40.8. The molecule has 1 unspecified atom stereocenters. The van der Waals surface area contributed by atoms with E-state index in [2.05, 4.69) is 10.6 Å². The summed E-state index contributed by atoms with van der Waals surface area (Å²) in [5.74, 6) is 0.267. The Morgan fingerprint density at radius 2 is 1.46 bits per heavy atom. The van der Waals surface area contributed by atoms with Gasteiger partial charge >= 0.3 is 0 Å². The minimum atomic E-state index is -0.238. The lowest BCUT2D eigenvalue weighted by atomic mass is 9.88. The maximum Gasteiger partial charge on any atom is 0.253 e. The van der Waals surface area contributed by atoms with Gasteiger partial charge in [-0.2, -0.15) is 0 Å². The SMILES string of the molecule is COc1ccc(C(=O)N[C@@H]2CCCC[C@H]2NC(=O)C2CCCN(C(=O)c3ccc(C)cc3)C2)cc1. The van der Waals surface area contributed by atoms with Crippen molar-refractivity contribution in [3.05, 3.63) is 65.2 Å². The van der Waals surface area contributed by atoms with Gasteiger partial charge in [0, 0.05) is 36.3 Å². The number of ether oxygens (including phenoxy) is 1. The fraction of sp³-hybridized carbons (Fsp3) is 0.464. The normalized spacial score (nSPS) is 22.2. The monoisotopic (exact) mass is 477 g/mol. The first-order valence-electron chi connectivity index (χ1n) is 12.6. The summed E-state index contributed by atoms with van der Waals surface area (Å²) >= 11 is 0. The summed E-state index contributed by atoms with van der Waals surface area (Å²) in [6.07, 6.45) is 5.26. The zero-order chi connectivity index (χ0) is 24.8. The van der Waals surface area contributed by atoms with Gasteiger partial charge in [-0.05, 0) is 69.0 Å². The Labute approximate surface area is 207 Å². The largest absolute Gasteiger partial charge is 0.497 e. The van der Waals surface area contributed by atoms with E-state index in [1.807, 2.05) is 31.2 Å². The van der Waals surface area contributed by atoms with Gasteiger partial charge in [0.25, 0.3) is 11.8 Å². The molecule has 2 fully saturated rings. The first-order chi connectivity index (χ1) is 16.9. The second kappa shape index (κ2) is 11.4. The average molecular weight is 478 g/mol. The number of carbonyl (C=O) groups is 3. The van der Waals surface area contributed by atoms with Crippen LogP contribution in [0.5, 0.6) is 5.75 Å². The van der Waals surface area contributed by atoms with Gasteiger partial charge in [-0.3, -0.25) is 14.4 Å². The van der Waals surface area contributed by atoms with Crippen molar-refractivity contribution < 1.29 is 19.1 Å². The molecule has 0 spiro atoms. The van der Waals surface area contributed by atoms with Crippen LogP contribution < -0.4 is 15.4 Å². The molecule has 4 rings (SSSR count). The highest BCUT2D eigenvalue weighted by molar-refractivity contribution is 5.95. The van der Waals surface area contributed by atoms with Crippen molar-refractivity contribution in [1.29, 1.82) is 0 Å². The molecule has 0 bridgehead atoms. The summed E-state index contributed by atoms with van der Waals surface area (Å²) in [5.41, 5.74) is 2.34. The molecule has 1 heterocycles. The summed E-state index contributed by atoms with van der Waals surface area (Å²) in [5, 5.41) is 6.33. The molecule has 1 saturated heterocycles. The summed E-state index contributed by atoms with van der Waals surface area (Å²) in [7, 11) is 1.59. The number of benzene rings is 2. The predicted molar refractivity (Wildman–Crippen MR) is 134 cm³/mol. The van der Waals surface area contributed by atoms with Gasteiger partial charge in [0.05, 0.1) is 13.0 Å². The molecular weight excluding hydrogens is 442 g/mol. The smallest absolute Gasteiger partial charge is 0.253 e. The molecule has 3 amide bonds. The third-order valence-electron chi connectivity index (χ3n) is 7.14. The molecule has 7 heteroatoms. The fourth-order valence-corrected chi connectivity index (χ4v) is 5.03. The molecule has 0 radical (unpaired) electrons. The van der Waals surface area contributed by atoms with Crippen LogP contribution in [0.3, 0.4) is 0 Å². The first kappa shape index (κ1) is 24.8. The Balaban J connectivity index is 1.35. The lowest BCUT2D eigenvalue weighted by Gasteiger charge is -2.36. The molecule has 2 N–H and O–H groups in total.